The lowest BCUT2D eigenvalue weighted by Gasteiger charge is -2.35. The summed E-state index contributed by atoms with van der Waals surface area (Å²) in [4.78, 5) is 0. The van der Waals surface area contributed by atoms with E-state index in [-0.39, 0.29) is 0 Å². The van der Waals surface area contributed by atoms with E-state index in [1.807, 2.05) is 0 Å². The highest BCUT2D eigenvalue weighted by Gasteiger charge is 2.27. The van der Waals surface area contributed by atoms with E-state index in [9.17, 15) is 0 Å². The smallest absolute Gasteiger partial charge is 0.0721 e. The topological polar surface area (TPSA) is 21.3 Å². The summed E-state index contributed by atoms with van der Waals surface area (Å²) in [5.41, 5.74) is 2.80. The SMILES string of the molecule is CC1CCCCC1NC1COCc2ccccc21. The third kappa shape index (κ3) is 2.45. The number of fused-ring (bicyclic) bond motifs is 1. The van der Waals surface area contributed by atoms with E-state index in [2.05, 4.69) is 36.5 Å². The van der Waals surface area contributed by atoms with Crippen LogP contribution in [0.15, 0.2) is 24.3 Å². The number of rotatable bonds is 2. The zero-order valence-corrected chi connectivity index (χ0v) is 11.2. The lowest BCUT2D eigenvalue weighted by atomic mass is 9.85. The van der Waals surface area contributed by atoms with Gasteiger partial charge in [0, 0.05) is 6.04 Å². The Labute approximate surface area is 110 Å². The van der Waals surface area contributed by atoms with E-state index in [1.165, 1.54) is 36.8 Å². The lowest BCUT2D eigenvalue weighted by molar-refractivity contribution is 0.0728. The maximum atomic E-state index is 5.72. The van der Waals surface area contributed by atoms with Crippen LogP contribution in [0.3, 0.4) is 0 Å². The van der Waals surface area contributed by atoms with E-state index >= 15 is 0 Å². The van der Waals surface area contributed by atoms with Crippen molar-refractivity contribution in [3.63, 3.8) is 0 Å². The molecule has 1 aromatic rings. The number of hydrogen-bond donors (Lipinski definition) is 1. The van der Waals surface area contributed by atoms with Crippen LogP contribution >= 0.6 is 0 Å². The quantitative estimate of drug-likeness (QED) is 0.862. The molecule has 3 atom stereocenters. The molecule has 1 fully saturated rings. The molecule has 0 saturated heterocycles. The summed E-state index contributed by atoms with van der Waals surface area (Å²) in [5.74, 6) is 0.799. The van der Waals surface area contributed by atoms with Crippen molar-refractivity contribution in [1.82, 2.24) is 5.32 Å². The monoisotopic (exact) mass is 245 g/mol. The minimum Gasteiger partial charge on any atom is -0.375 e. The predicted octanol–water partition coefficient (Wildman–Crippen LogP) is 3.43. The standard InChI is InChI=1S/C16H23NO/c1-12-6-2-5-9-15(12)17-16-11-18-10-13-7-3-4-8-14(13)16/h3-4,7-8,12,15-17H,2,5-6,9-11H2,1H3. The fourth-order valence-electron chi connectivity index (χ4n) is 3.34. The van der Waals surface area contributed by atoms with Gasteiger partial charge < -0.3 is 10.1 Å². The van der Waals surface area contributed by atoms with Crippen molar-refractivity contribution in [2.45, 2.75) is 51.3 Å². The molecule has 0 spiro atoms. The van der Waals surface area contributed by atoms with Crippen LogP contribution in [0.4, 0.5) is 0 Å². The van der Waals surface area contributed by atoms with Crippen molar-refractivity contribution in [1.29, 1.82) is 0 Å². The summed E-state index contributed by atoms with van der Waals surface area (Å²) >= 11 is 0. The molecule has 2 aliphatic rings. The van der Waals surface area contributed by atoms with Crippen molar-refractivity contribution in [2.24, 2.45) is 5.92 Å². The predicted molar refractivity (Wildman–Crippen MR) is 73.4 cm³/mol. The molecule has 1 aliphatic carbocycles. The molecule has 1 aromatic carbocycles. The van der Waals surface area contributed by atoms with Gasteiger partial charge in [-0.15, -0.1) is 0 Å². The second-order valence-electron chi connectivity index (χ2n) is 5.80. The fraction of sp³-hybridized carbons (Fsp3) is 0.625. The second kappa shape index (κ2) is 5.41. The summed E-state index contributed by atoms with van der Waals surface area (Å²) < 4.78 is 5.72. The highest BCUT2D eigenvalue weighted by atomic mass is 16.5. The number of hydrogen-bond acceptors (Lipinski definition) is 2. The van der Waals surface area contributed by atoms with Crippen molar-refractivity contribution in [3.05, 3.63) is 35.4 Å². The van der Waals surface area contributed by atoms with Gasteiger partial charge in [0.05, 0.1) is 19.3 Å². The molecular weight excluding hydrogens is 222 g/mol. The summed E-state index contributed by atoms with van der Waals surface area (Å²) in [6.45, 7) is 3.97. The van der Waals surface area contributed by atoms with Gasteiger partial charge in [-0.25, -0.2) is 0 Å². The molecule has 1 aliphatic heterocycles. The summed E-state index contributed by atoms with van der Waals surface area (Å²) in [5, 5.41) is 3.84. The highest BCUT2D eigenvalue weighted by molar-refractivity contribution is 5.31. The average molecular weight is 245 g/mol. The summed E-state index contributed by atoms with van der Waals surface area (Å²) in [6, 6.07) is 9.74. The molecular formula is C16H23NO. The Morgan fingerprint density at radius 3 is 2.89 bits per heavy atom. The largest absolute Gasteiger partial charge is 0.375 e. The van der Waals surface area contributed by atoms with Crippen molar-refractivity contribution >= 4 is 0 Å². The molecule has 0 aromatic heterocycles. The van der Waals surface area contributed by atoms with Gasteiger partial charge in [-0.3, -0.25) is 0 Å². The molecule has 1 N–H and O–H groups in total. The van der Waals surface area contributed by atoms with Crippen LogP contribution < -0.4 is 5.32 Å². The fourth-order valence-corrected chi connectivity index (χ4v) is 3.34. The first-order valence-corrected chi connectivity index (χ1v) is 7.26. The molecule has 1 saturated carbocycles. The number of nitrogens with one attached hydrogen (secondary N) is 1. The van der Waals surface area contributed by atoms with E-state index in [0.29, 0.717) is 12.1 Å². The Balaban J connectivity index is 1.73. The zero-order valence-electron chi connectivity index (χ0n) is 11.2. The zero-order chi connectivity index (χ0) is 12.4. The Morgan fingerprint density at radius 1 is 1.17 bits per heavy atom. The maximum absolute atomic E-state index is 5.72. The van der Waals surface area contributed by atoms with E-state index in [0.717, 1.165) is 19.1 Å². The molecule has 2 heteroatoms. The van der Waals surface area contributed by atoms with Crippen LogP contribution in [0.1, 0.15) is 49.8 Å². The van der Waals surface area contributed by atoms with E-state index in [4.69, 9.17) is 4.74 Å². The van der Waals surface area contributed by atoms with E-state index in [1.54, 1.807) is 0 Å². The minimum absolute atomic E-state index is 0.389. The van der Waals surface area contributed by atoms with Gasteiger partial charge in [0.15, 0.2) is 0 Å². The van der Waals surface area contributed by atoms with Crippen LogP contribution in [-0.2, 0) is 11.3 Å². The first-order valence-electron chi connectivity index (χ1n) is 7.26. The van der Waals surface area contributed by atoms with Crippen LogP contribution in [0.5, 0.6) is 0 Å². The Morgan fingerprint density at radius 2 is 2.00 bits per heavy atom. The molecule has 0 bridgehead atoms. The first kappa shape index (κ1) is 12.2. The average Bonchev–Trinajstić information content (AvgIpc) is 2.42. The van der Waals surface area contributed by atoms with Gasteiger partial charge in [-0.2, -0.15) is 0 Å². The molecule has 3 unspecified atom stereocenters. The first-order chi connectivity index (χ1) is 8.84. The molecule has 1 heterocycles. The van der Waals surface area contributed by atoms with Crippen LogP contribution in [-0.4, -0.2) is 12.6 Å². The number of benzene rings is 1. The van der Waals surface area contributed by atoms with Crippen LogP contribution in [0, 0.1) is 5.92 Å². The lowest BCUT2D eigenvalue weighted by Crippen LogP contribution is -2.42. The third-order valence-electron chi connectivity index (χ3n) is 4.50. The van der Waals surface area contributed by atoms with Crippen LogP contribution in [0.2, 0.25) is 0 Å². The minimum atomic E-state index is 0.389. The number of ether oxygens (including phenoxy) is 1. The Hall–Kier alpha value is -0.860. The molecule has 3 rings (SSSR count). The third-order valence-corrected chi connectivity index (χ3v) is 4.50. The normalized spacial score (nSPS) is 31.9. The second-order valence-corrected chi connectivity index (χ2v) is 5.80. The van der Waals surface area contributed by atoms with Crippen molar-refractivity contribution < 1.29 is 4.74 Å². The van der Waals surface area contributed by atoms with Gasteiger partial charge >= 0.3 is 0 Å². The van der Waals surface area contributed by atoms with Gasteiger partial charge in [0.2, 0.25) is 0 Å². The summed E-state index contributed by atoms with van der Waals surface area (Å²) in [7, 11) is 0. The Bertz CT molecular complexity index is 404. The van der Waals surface area contributed by atoms with Gasteiger partial charge in [0.25, 0.3) is 0 Å². The van der Waals surface area contributed by atoms with Crippen molar-refractivity contribution in [3.8, 4) is 0 Å². The molecule has 0 radical (unpaired) electrons. The Kier molecular flexibility index (Phi) is 3.67. The summed E-state index contributed by atoms with van der Waals surface area (Å²) in [6.07, 6.45) is 5.46. The molecule has 2 nitrogen and oxygen atoms in total. The van der Waals surface area contributed by atoms with Gasteiger partial charge in [-0.1, -0.05) is 44.0 Å². The van der Waals surface area contributed by atoms with Gasteiger partial charge in [0.1, 0.15) is 0 Å². The molecule has 98 valence electrons. The molecule has 0 amide bonds. The van der Waals surface area contributed by atoms with E-state index < -0.39 is 0 Å². The molecule has 18 heavy (non-hydrogen) atoms. The highest BCUT2D eigenvalue weighted by Crippen LogP contribution is 2.29. The van der Waals surface area contributed by atoms with Crippen LogP contribution in [0.25, 0.3) is 0 Å². The maximum Gasteiger partial charge on any atom is 0.0721 e. The van der Waals surface area contributed by atoms with Gasteiger partial charge in [-0.05, 0) is 29.9 Å². The van der Waals surface area contributed by atoms with Crippen molar-refractivity contribution in [2.75, 3.05) is 6.61 Å².